The van der Waals surface area contributed by atoms with Gasteiger partial charge in [-0.2, -0.15) is 0 Å². The molecule has 2 nitrogen and oxygen atoms in total. The van der Waals surface area contributed by atoms with Crippen LogP contribution in [0.5, 0.6) is 0 Å². The van der Waals surface area contributed by atoms with Crippen LogP contribution in [0.2, 0.25) is 5.02 Å². The largest absolute Gasteiger partial charge is 0.386 e. The van der Waals surface area contributed by atoms with Gasteiger partial charge in [0, 0.05) is 29.0 Å². The number of aliphatic imine (C=N–C) groups is 1. The molecule has 2 rings (SSSR count). The van der Waals surface area contributed by atoms with Gasteiger partial charge in [0.15, 0.2) is 0 Å². The summed E-state index contributed by atoms with van der Waals surface area (Å²) in [5, 5.41) is 4.22. The predicted molar refractivity (Wildman–Crippen MR) is 98.9 cm³/mol. The lowest BCUT2D eigenvalue weighted by molar-refractivity contribution is 0.758. The van der Waals surface area contributed by atoms with E-state index in [-0.39, 0.29) is 0 Å². The summed E-state index contributed by atoms with van der Waals surface area (Å²) in [7, 11) is 0. The zero-order chi connectivity index (χ0) is 15.1. The molecule has 1 aliphatic rings. The van der Waals surface area contributed by atoms with Gasteiger partial charge in [-0.25, -0.2) is 0 Å². The monoisotopic (exact) mass is 338 g/mol. The third kappa shape index (κ3) is 4.83. The van der Waals surface area contributed by atoms with E-state index >= 15 is 0 Å². The van der Waals surface area contributed by atoms with Crippen LogP contribution in [0.25, 0.3) is 0 Å². The molecule has 0 spiro atoms. The summed E-state index contributed by atoms with van der Waals surface area (Å²) in [6, 6.07) is 7.72. The number of benzene rings is 1. The van der Waals surface area contributed by atoms with Gasteiger partial charge in [-0.1, -0.05) is 42.0 Å². The molecule has 0 bridgehead atoms. The molecule has 0 atom stereocenters. The summed E-state index contributed by atoms with van der Waals surface area (Å²) >= 11 is 13.1. The third-order valence-electron chi connectivity index (χ3n) is 3.36. The number of rotatable bonds is 6. The second-order valence-electron chi connectivity index (χ2n) is 4.79. The molecule has 0 aromatic heterocycles. The predicted octanol–water partition coefficient (Wildman–Crippen LogP) is 4.48. The molecule has 0 aliphatic heterocycles. The fraction of sp³-hybridized carbons (Fsp3) is 0.375. The summed E-state index contributed by atoms with van der Waals surface area (Å²) in [5.74, 6) is 0. The molecule has 1 aromatic carbocycles. The molecule has 21 heavy (non-hydrogen) atoms. The van der Waals surface area contributed by atoms with Crippen LogP contribution < -0.4 is 5.32 Å². The van der Waals surface area contributed by atoms with Gasteiger partial charge in [0.1, 0.15) is 0 Å². The van der Waals surface area contributed by atoms with Crippen LogP contribution in [-0.4, -0.2) is 29.8 Å². The van der Waals surface area contributed by atoms with Gasteiger partial charge in [0.25, 0.3) is 0 Å². The average Bonchev–Trinajstić information content (AvgIpc) is 2.96. The zero-order valence-corrected chi connectivity index (χ0v) is 14.5. The second kappa shape index (κ2) is 8.57. The highest BCUT2D eigenvalue weighted by molar-refractivity contribution is 8.23. The highest BCUT2D eigenvalue weighted by atomic mass is 35.5. The Kier molecular flexibility index (Phi) is 6.74. The molecular weight excluding hydrogens is 320 g/mol. The normalized spacial score (nSPS) is 15.0. The van der Waals surface area contributed by atoms with E-state index in [4.69, 9.17) is 23.8 Å². The van der Waals surface area contributed by atoms with E-state index in [1.165, 1.54) is 17.7 Å². The molecular formula is C16H19ClN2S2. The first kappa shape index (κ1) is 16.5. The van der Waals surface area contributed by atoms with Gasteiger partial charge < -0.3 is 5.32 Å². The maximum atomic E-state index is 6.08. The van der Waals surface area contributed by atoms with Crippen molar-refractivity contribution in [3.63, 3.8) is 0 Å². The van der Waals surface area contributed by atoms with E-state index in [1.54, 1.807) is 11.8 Å². The number of hydrogen-bond donors (Lipinski definition) is 1. The van der Waals surface area contributed by atoms with Crippen molar-refractivity contribution in [3.05, 3.63) is 46.1 Å². The van der Waals surface area contributed by atoms with Gasteiger partial charge in [0.05, 0.1) is 10.7 Å². The topological polar surface area (TPSA) is 24.4 Å². The maximum Gasteiger partial charge on any atom is 0.0752 e. The van der Waals surface area contributed by atoms with Crippen LogP contribution in [-0.2, 0) is 0 Å². The Morgan fingerprint density at radius 2 is 2.24 bits per heavy atom. The maximum absolute atomic E-state index is 6.08. The number of halogens is 1. The summed E-state index contributed by atoms with van der Waals surface area (Å²) in [5.41, 5.74) is 3.60. The first-order valence-corrected chi connectivity index (χ1v) is 9.02. The molecule has 0 saturated heterocycles. The molecule has 0 unspecified atom stereocenters. The molecule has 1 aliphatic carbocycles. The number of nitrogens with one attached hydrogen (secondary N) is 1. The van der Waals surface area contributed by atoms with Crippen molar-refractivity contribution < 1.29 is 0 Å². The molecule has 0 fully saturated rings. The lowest BCUT2D eigenvalue weighted by Crippen LogP contribution is -2.18. The number of thiocarbonyl (C=S) groups is 1. The van der Waals surface area contributed by atoms with E-state index in [9.17, 15) is 0 Å². The quantitative estimate of drug-likeness (QED) is 0.470. The van der Waals surface area contributed by atoms with E-state index in [0.717, 1.165) is 40.7 Å². The van der Waals surface area contributed by atoms with Gasteiger partial charge >= 0.3 is 0 Å². The van der Waals surface area contributed by atoms with Gasteiger partial charge in [0.2, 0.25) is 0 Å². The minimum atomic E-state index is 0.730. The molecule has 0 heterocycles. The van der Waals surface area contributed by atoms with E-state index in [1.807, 2.05) is 36.7 Å². The Labute approximate surface area is 141 Å². The van der Waals surface area contributed by atoms with Crippen LogP contribution in [0, 0.1) is 0 Å². The Morgan fingerprint density at radius 1 is 1.43 bits per heavy atom. The van der Waals surface area contributed by atoms with Gasteiger partial charge in [-0.15, -0.1) is 11.8 Å². The van der Waals surface area contributed by atoms with Crippen LogP contribution in [0.15, 0.2) is 40.5 Å². The number of allylic oxidation sites excluding steroid dienone is 1. The molecule has 1 aromatic rings. The molecule has 1 N–H and O–H groups in total. The smallest absolute Gasteiger partial charge is 0.0752 e. The fourth-order valence-electron chi connectivity index (χ4n) is 2.30. The highest BCUT2D eigenvalue weighted by Gasteiger charge is 2.16. The second-order valence-corrected chi connectivity index (χ2v) is 6.68. The Hall–Kier alpha value is -0.840. The van der Waals surface area contributed by atoms with Crippen LogP contribution in [0.3, 0.4) is 0 Å². The highest BCUT2D eigenvalue weighted by Crippen LogP contribution is 2.28. The summed E-state index contributed by atoms with van der Waals surface area (Å²) in [6.07, 6.45) is 7.27. The Balaban J connectivity index is 1.82. The zero-order valence-electron chi connectivity index (χ0n) is 12.1. The number of nitrogens with zero attached hydrogens (tertiary/aromatic N) is 1. The lowest BCUT2D eigenvalue weighted by Gasteiger charge is -2.09. The minimum Gasteiger partial charge on any atom is -0.386 e. The molecule has 5 heteroatoms. The minimum absolute atomic E-state index is 0.730. The van der Waals surface area contributed by atoms with Crippen molar-refractivity contribution in [1.82, 2.24) is 5.32 Å². The summed E-state index contributed by atoms with van der Waals surface area (Å²) in [6.45, 7) is 1.56. The van der Waals surface area contributed by atoms with Crippen LogP contribution >= 0.6 is 35.6 Å². The van der Waals surface area contributed by atoms with Gasteiger partial charge in [-0.05, 0) is 37.2 Å². The van der Waals surface area contributed by atoms with Crippen molar-refractivity contribution in [1.29, 1.82) is 0 Å². The van der Waals surface area contributed by atoms with Crippen molar-refractivity contribution in [2.75, 3.05) is 19.3 Å². The average molecular weight is 339 g/mol. The molecule has 0 saturated carbocycles. The lowest BCUT2D eigenvalue weighted by atomic mass is 10.2. The summed E-state index contributed by atoms with van der Waals surface area (Å²) < 4.78 is 1.02. The molecule has 0 radical (unpaired) electrons. The van der Waals surface area contributed by atoms with E-state index in [2.05, 4.69) is 10.3 Å². The Bertz CT molecular complexity index is 567. The standard InChI is InChI=1S/C16H19ClN2S2/c1-21-16(20)13-6-4-8-15(13)19-10-9-18-11-12-5-2-3-7-14(12)17/h2-3,5,7,11,19H,4,6,8-10H2,1H3. The van der Waals surface area contributed by atoms with Crippen molar-refractivity contribution >= 4 is 46.0 Å². The first-order valence-electron chi connectivity index (χ1n) is 7.01. The van der Waals surface area contributed by atoms with Crippen molar-refractivity contribution in [2.24, 2.45) is 4.99 Å². The number of hydrogen-bond acceptors (Lipinski definition) is 4. The molecule has 0 amide bonds. The third-order valence-corrected chi connectivity index (χ3v) is 5.07. The van der Waals surface area contributed by atoms with Crippen molar-refractivity contribution in [3.8, 4) is 0 Å². The van der Waals surface area contributed by atoms with Crippen molar-refractivity contribution in [2.45, 2.75) is 19.3 Å². The Morgan fingerprint density at radius 3 is 3.00 bits per heavy atom. The summed E-state index contributed by atoms with van der Waals surface area (Å²) in [4.78, 5) is 4.42. The number of thioether (sulfide) groups is 1. The molecule has 112 valence electrons. The SMILES string of the molecule is CSC(=S)C1=C(NCCN=Cc2ccccc2Cl)CCC1. The van der Waals surface area contributed by atoms with E-state index < -0.39 is 0 Å². The van der Waals surface area contributed by atoms with Crippen LogP contribution in [0.1, 0.15) is 24.8 Å². The van der Waals surface area contributed by atoms with Crippen LogP contribution in [0.4, 0.5) is 0 Å². The van der Waals surface area contributed by atoms with E-state index in [0.29, 0.717) is 0 Å². The first-order chi connectivity index (χ1) is 10.2. The van der Waals surface area contributed by atoms with Gasteiger partial charge in [-0.3, -0.25) is 4.99 Å². The fourth-order valence-corrected chi connectivity index (χ4v) is 3.18.